The average molecular weight is 349 g/mol. The average Bonchev–Trinajstić information content (AvgIpc) is 2.72. The molecule has 0 radical (unpaired) electrons. The van der Waals surface area contributed by atoms with Crippen LogP contribution < -0.4 is 5.32 Å². The molecule has 0 fully saturated rings. The van der Waals surface area contributed by atoms with Crippen LogP contribution in [0.1, 0.15) is 16.5 Å². The van der Waals surface area contributed by atoms with E-state index in [1.807, 2.05) is 25.2 Å². The second-order valence-electron chi connectivity index (χ2n) is 3.92. The third-order valence-corrected chi connectivity index (χ3v) is 4.47. The van der Waals surface area contributed by atoms with Crippen LogP contribution in [0.15, 0.2) is 34.8 Å². The summed E-state index contributed by atoms with van der Waals surface area (Å²) in [5.74, 6) is -0.202. The summed E-state index contributed by atoms with van der Waals surface area (Å²) in [6.07, 6.45) is 0.729. The zero-order valence-corrected chi connectivity index (χ0v) is 12.9. The van der Waals surface area contributed by atoms with E-state index in [-0.39, 0.29) is 11.9 Å². The largest absolute Gasteiger partial charge is 0.313 e. The molecule has 0 saturated heterocycles. The van der Waals surface area contributed by atoms with Crippen molar-refractivity contribution in [3.8, 4) is 0 Å². The Morgan fingerprint density at radius 1 is 1.39 bits per heavy atom. The first-order valence-corrected chi connectivity index (χ1v) is 7.45. The fourth-order valence-electron chi connectivity index (χ4n) is 1.81. The molecule has 0 spiro atoms. The lowest BCUT2D eigenvalue weighted by molar-refractivity contribution is 0.536. The van der Waals surface area contributed by atoms with Gasteiger partial charge in [0, 0.05) is 27.4 Å². The van der Waals surface area contributed by atoms with E-state index in [4.69, 9.17) is 11.6 Å². The minimum Gasteiger partial charge on any atom is -0.313 e. The van der Waals surface area contributed by atoms with E-state index in [0.29, 0.717) is 5.56 Å². The Bertz CT molecular complexity index is 544. The molecule has 0 saturated carbocycles. The molecule has 1 nitrogen and oxygen atoms in total. The quantitative estimate of drug-likeness (QED) is 0.836. The number of rotatable bonds is 4. The van der Waals surface area contributed by atoms with Crippen LogP contribution in [-0.2, 0) is 6.42 Å². The first-order valence-electron chi connectivity index (χ1n) is 5.46. The number of nitrogens with one attached hydrogen (secondary N) is 1. The van der Waals surface area contributed by atoms with Crippen molar-refractivity contribution in [2.75, 3.05) is 7.05 Å². The Labute approximate surface area is 123 Å². The summed E-state index contributed by atoms with van der Waals surface area (Å²) >= 11 is 10.7. The smallest absolute Gasteiger partial charge is 0.129 e. The first kappa shape index (κ1) is 14.0. The number of hydrogen-bond acceptors (Lipinski definition) is 2. The normalized spacial score (nSPS) is 12.7. The molecule has 1 unspecified atom stereocenters. The fraction of sp³-hybridized carbons (Fsp3) is 0.231. The summed E-state index contributed by atoms with van der Waals surface area (Å²) in [7, 11) is 1.83. The monoisotopic (exact) mass is 347 g/mol. The van der Waals surface area contributed by atoms with Gasteiger partial charge in [0.05, 0.1) is 4.34 Å². The summed E-state index contributed by atoms with van der Waals surface area (Å²) < 4.78 is 15.4. The third-order valence-electron chi connectivity index (χ3n) is 2.72. The number of hydrogen-bond donors (Lipinski definition) is 1. The van der Waals surface area contributed by atoms with Crippen molar-refractivity contribution >= 4 is 38.9 Å². The predicted octanol–water partition coefficient (Wildman–Crippen LogP) is 4.81. The Balaban J connectivity index is 2.22. The second kappa shape index (κ2) is 6.15. The lowest BCUT2D eigenvalue weighted by Crippen LogP contribution is -2.19. The van der Waals surface area contributed by atoms with E-state index in [9.17, 15) is 4.39 Å². The lowest BCUT2D eigenvalue weighted by atomic mass is 10.0. The standard InChI is InChI=1S/C13H12BrClFNS/c1-17-12(7-9-3-5-13(15)18-9)10-4-2-8(14)6-11(10)16/h2-6,12,17H,7H2,1H3. The molecular weight excluding hydrogens is 337 g/mol. The van der Waals surface area contributed by atoms with Crippen molar-refractivity contribution in [3.05, 3.63) is 55.4 Å². The van der Waals surface area contributed by atoms with Crippen LogP contribution in [0, 0.1) is 5.82 Å². The van der Waals surface area contributed by atoms with E-state index in [2.05, 4.69) is 21.2 Å². The third kappa shape index (κ3) is 3.32. The van der Waals surface area contributed by atoms with Gasteiger partial charge < -0.3 is 5.32 Å². The molecule has 96 valence electrons. The van der Waals surface area contributed by atoms with Crippen molar-refractivity contribution in [1.29, 1.82) is 0 Å². The summed E-state index contributed by atoms with van der Waals surface area (Å²) in [4.78, 5) is 1.14. The van der Waals surface area contributed by atoms with Gasteiger partial charge in [0.2, 0.25) is 0 Å². The van der Waals surface area contributed by atoms with Crippen molar-refractivity contribution in [1.82, 2.24) is 5.32 Å². The van der Waals surface area contributed by atoms with Crippen LogP contribution in [0.4, 0.5) is 4.39 Å². The highest BCUT2D eigenvalue weighted by Gasteiger charge is 2.15. The van der Waals surface area contributed by atoms with Crippen LogP contribution in [0.2, 0.25) is 4.34 Å². The van der Waals surface area contributed by atoms with Gasteiger partial charge in [-0.25, -0.2) is 4.39 Å². The zero-order chi connectivity index (χ0) is 13.1. The van der Waals surface area contributed by atoms with E-state index in [0.717, 1.165) is 20.1 Å². The highest BCUT2D eigenvalue weighted by molar-refractivity contribution is 9.10. The molecular formula is C13H12BrClFNS. The number of benzene rings is 1. The van der Waals surface area contributed by atoms with Gasteiger partial charge in [-0.2, -0.15) is 0 Å². The Kier molecular flexibility index (Phi) is 4.78. The highest BCUT2D eigenvalue weighted by Crippen LogP contribution is 2.28. The first-order chi connectivity index (χ1) is 8.60. The van der Waals surface area contributed by atoms with Crippen LogP contribution in [0.25, 0.3) is 0 Å². The number of thiophene rings is 1. The molecule has 1 N–H and O–H groups in total. The van der Waals surface area contributed by atoms with Crippen LogP contribution in [0.5, 0.6) is 0 Å². The molecule has 1 heterocycles. The van der Waals surface area contributed by atoms with Crippen LogP contribution >= 0.6 is 38.9 Å². The van der Waals surface area contributed by atoms with Crippen molar-refractivity contribution in [2.24, 2.45) is 0 Å². The molecule has 5 heteroatoms. The maximum atomic E-state index is 13.9. The summed E-state index contributed by atoms with van der Waals surface area (Å²) in [5, 5.41) is 3.14. The van der Waals surface area contributed by atoms with Gasteiger partial charge in [0.1, 0.15) is 5.82 Å². The maximum Gasteiger partial charge on any atom is 0.129 e. The molecule has 1 aromatic carbocycles. The minimum atomic E-state index is -0.202. The fourth-order valence-corrected chi connectivity index (χ4v) is 3.28. The molecule has 0 aliphatic heterocycles. The van der Waals surface area contributed by atoms with Gasteiger partial charge in [0.25, 0.3) is 0 Å². The van der Waals surface area contributed by atoms with Crippen molar-refractivity contribution in [2.45, 2.75) is 12.5 Å². The predicted molar refractivity (Wildman–Crippen MR) is 78.9 cm³/mol. The van der Waals surface area contributed by atoms with Crippen molar-refractivity contribution < 1.29 is 4.39 Å². The molecule has 18 heavy (non-hydrogen) atoms. The molecule has 0 aliphatic carbocycles. The SMILES string of the molecule is CNC(Cc1ccc(Cl)s1)c1ccc(Br)cc1F. The Morgan fingerprint density at radius 3 is 2.72 bits per heavy atom. The summed E-state index contributed by atoms with van der Waals surface area (Å²) in [6, 6.07) is 8.94. The lowest BCUT2D eigenvalue weighted by Gasteiger charge is -2.16. The molecule has 2 aromatic rings. The van der Waals surface area contributed by atoms with Gasteiger partial charge in [-0.3, -0.25) is 0 Å². The highest BCUT2D eigenvalue weighted by atomic mass is 79.9. The summed E-state index contributed by atoms with van der Waals surface area (Å²) in [6.45, 7) is 0. The second-order valence-corrected chi connectivity index (χ2v) is 6.63. The molecule has 0 bridgehead atoms. The molecule has 1 atom stereocenters. The summed E-state index contributed by atoms with van der Waals surface area (Å²) in [5.41, 5.74) is 0.672. The molecule has 0 aliphatic rings. The Hall–Kier alpha value is -0.420. The topological polar surface area (TPSA) is 12.0 Å². The maximum absolute atomic E-state index is 13.9. The Morgan fingerprint density at radius 2 is 2.17 bits per heavy atom. The van der Waals surface area contributed by atoms with Gasteiger partial charge in [0.15, 0.2) is 0 Å². The minimum absolute atomic E-state index is 0.0483. The zero-order valence-electron chi connectivity index (χ0n) is 9.71. The van der Waals surface area contributed by atoms with Crippen molar-refractivity contribution in [3.63, 3.8) is 0 Å². The van der Waals surface area contributed by atoms with E-state index in [1.54, 1.807) is 6.07 Å². The molecule has 2 rings (SSSR count). The number of likely N-dealkylation sites (N-methyl/N-ethyl adjacent to an activating group) is 1. The van der Waals surface area contributed by atoms with E-state index >= 15 is 0 Å². The van der Waals surface area contributed by atoms with Crippen LogP contribution in [0.3, 0.4) is 0 Å². The molecule has 1 aromatic heterocycles. The van der Waals surface area contributed by atoms with E-state index in [1.165, 1.54) is 17.4 Å². The van der Waals surface area contributed by atoms with E-state index < -0.39 is 0 Å². The molecule has 0 amide bonds. The van der Waals surface area contributed by atoms with Crippen LogP contribution in [-0.4, -0.2) is 7.05 Å². The number of halogens is 3. The van der Waals surface area contributed by atoms with Gasteiger partial charge >= 0.3 is 0 Å². The van der Waals surface area contributed by atoms with Gasteiger partial charge in [-0.15, -0.1) is 11.3 Å². The van der Waals surface area contributed by atoms with Gasteiger partial charge in [-0.1, -0.05) is 33.6 Å². The van der Waals surface area contributed by atoms with Gasteiger partial charge in [-0.05, 0) is 31.3 Å².